The normalized spacial score (nSPS) is 20.5. The number of para-hydroxylation sites is 1. The van der Waals surface area contributed by atoms with E-state index in [-0.39, 0.29) is 18.6 Å². The number of benzene rings is 2. The van der Waals surface area contributed by atoms with Crippen molar-refractivity contribution >= 4 is 16.9 Å². The minimum Gasteiger partial charge on any atom is -0.458 e. The number of hydrogen-bond acceptors (Lipinski definition) is 6. The molecule has 7 nitrogen and oxygen atoms in total. The summed E-state index contributed by atoms with van der Waals surface area (Å²) in [6.45, 7) is 2.09. The summed E-state index contributed by atoms with van der Waals surface area (Å²) in [5.74, 6) is -0.727. The average molecular weight is 453 g/mol. The first-order chi connectivity index (χ1) is 16.5. The number of nitrogens with one attached hydrogen (secondary N) is 1. The Bertz CT molecular complexity index is 1510. The fourth-order valence-electron chi connectivity index (χ4n) is 5.01. The quantitative estimate of drug-likeness (QED) is 0.460. The molecule has 6 rings (SSSR count). The van der Waals surface area contributed by atoms with Crippen molar-refractivity contribution in [2.45, 2.75) is 38.3 Å². The van der Waals surface area contributed by atoms with E-state index in [1.165, 1.54) is 0 Å². The second-order valence-electron chi connectivity index (χ2n) is 8.77. The smallest absolute Gasteiger partial charge is 0.343 e. The largest absolute Gasteiger partial charge is 0.458 e. The molecule has 4 heterocycles. The molecular weight excluding hydrogens is 430 g/mol. The average Bonchev–Trinajstić information content (AvgIpc) is 3.17. The first-order valence-electron chi connectivity index (χ1n) is 11.4. The molecule has 2 aliphatic heterocycles. The third-order valence-corrected chi connectivity index (χ3v) is 6.88. The number of pyridine rings is 2. The van der Waals surface area contributed by atoms with Crippen LogP contribution in [0.3, 0.4) is 0 Å². The molecule has 0 aliphatic carbocycles. The van der Waals surface area contributed by atoms with Crippen molar-refractivity contribution < 1.29 is 14.6 Å². The molecule has 0 fully saturated rings. The monoisotopic (exact) mass is 453 g/mol. The third kappa shape index (κ3) is 2.94. The highest BCUT2D eigenvalue weighted by atomic mass is 16.6. The highest BCUT2D eigenvalue weighted by Crippen LogP contribution is 2.41. The molecule has 2 aromatic carbocycles. The van der Waals surface area contributed by atoms with Crippen LogP contribution in [0, 0.1) is 0 Å². The summed E-state index contributed by atoms with van der Waals surface area (Å²) >= 11 is 0. The number of cyclic esters (lactones) is 1. The van der Waals surface area contributed by atoms with E-state index in [1.807, 2.05) is 54.6 Å². The van der Waals surface area contributed by atoms with Gasteiger partial charge < -0.3 is 9.84 Å². The zero-order chi connectivity index (χ0) is 23.4. The highest BCUT2D eigenvalue weighted by molar-refractivity contribution is 5.86. The van der Waals surface area contributed by atoms with Crippen LogP contribution < -0.4 is 10.9 Å². The van der Waals surface area contributed by atoms with Crippen LogP contribution in [-0.4, -0.2) is 20.6 Å². The Balaban J connectivity index is 1.58. The second-order valence-corrected chi connectivity index (χ2v) is 8.77. The van der Waals surface area contributed by atoms with Gasteiger partial charge in [0, 0.05) is 23.1 Å². The molecule has 1 unspecified atom stereocenters. The van der Waals surface area contributed by atoms with Gasteiger partial charge >= 0.3 is 5.97 Å². The molecule has 2 N–H and O–H groups in total. The molecule has 0 radical (unpaired) electrons. The SMILES string of the molecule is CC[C@@]1(O)C(=O)OCc2c1cc1n(c2=O)C(NCc2ccccc2)c2cc3ccccc3nc2-1. The maximum Gasteiger partial charge on any atom is 0.343 e. The maximum absolute atomic E-state index is 13.8. The number of rotatable bonds is 4. The number of ether oxygens (including phenoxy) is 1. The van der Waals surface area contributed by atoms with E-state index in [9.17, 15) is 14.7 Å². The van der Waals surface area contributed by atoms with Gasteiger partial charge in [0.1, 0.15) is 12.8 Å². The Hall–Kier alpha value is -3.81. The first kappa shape index (κ1) is 20.8. The van der Waals surface area contributed by atoms with Gasteiger partial charge in [0.25, 0.3) is 5.56 Å². The molecule has 0 bridgehead atoms. The molecule has 0 amide bonds. The van der Waals surface area contributed by atoms with E-state index >= 15 is 0 Å². The summed E-state index contributed by atoms with van der Waals surface area (Å²) in [6, 6.07) is 21.6. The van der Waals surface area contributed by atoms with Gasteiger partial charge in [-0.1, -0.05) is 55.5 Å². The zero-order valence-electron chi connectivity index (χ0n) is 18.6. The van der Waals surface area contributed by atoms with Gasteiger partial charge in [-0.25, -0.2) is 9.78 Å². The fourth-order valence-corrected chi connectivity index (χ4v) is 5.01. The topological polar surface area (TPSA) is 93.5 Å². The lowest BCUT2D eigenvalue weighted by Gasteiger charge is -2.32. The molecule has 2 aliphatic rings. The fraction of sp³-hybridized carbons (Fsp3) is 0.222. The van der Waals surface area contributed by atoms with E-state index in [4.69, 9.17) is 9.72 Å². The number of esters is 1. The molecule has 0 saturated carbocycles. The summed E-state index contributed by atoms with van der Waals surface area (Å²) in [5, 5.41) is 15.6. The van der Waals surface area contributed by atoms with E-state index in [0.29, 0.717) is 29.1 Å². The van der Waals surface area contributed by atoms with E-state index in [1.54, 1.807) is 17.6 Å². The molecule has 4 aromatic rings. The molecule has 170 valence electrons. The molecule has 2 atom stereocenters. The van der Waals surface area contributed by atoms with Crippen LogP contribution in [0.25, 0.3) is 22.3 Å². The van der Waals surface area contributed by atoms with Crippen LogP contribution in [0.15, 0.2) is 71.5 Å². The number of nitrogens with zero attached hydrogens (tertiary/aromatic N) is 2. The van der Waals surface area contributed by atoms with Gasteiger partial charge in [-0.05, 0) is 30.2 Å². The van der Waals surface area contributed by atoms with Crippen molar-refractivity contribution in [3.63, 3.8) is 0 Å². The lowest BCUT2D eigenvalue weighted by molar-refractivity contribution is -0.172. The second kappa shape index (κ2) is 7.62. The number of carbonyl (C=O) groups excluding carboxylic acids is 1. The molecule has 0 spiro atoms. The number of carbonyl (C=O) groups is 1. The molecule has 34 heavy (non-hydrogen) atoms. The van der Waals surface area contributed by atoms with Crippen LogP contribution in [0.2, 0.25) is 0 Å². The van der Waals surface area contributed by atoms with Crippen LogP contribution in [0.1, 0.15) is 41.8 Å². The Morgan fingerprint density at radius 3 is 2.68 bits per heavy atom. The minimum atomic E-state index is -1.85. The van der Waals surface area contributed by atoms with Gasteiger partial charge in [-0.3, -0.25) is 14.7 Å². The van der Waals surface area contributed by atoms with Gasteiger partial charge in [0.2, 0.25) is 0 Å². The lowest BCUT2D eigenvalue weighted by atomic mass is 9.86. The summed E-state index contributed by atoms with van der Waals surface area (Å²) in [5.41, 5.74) is 2.50. The maximum atomic E-state index is 13.8. The van der Waals surface area contributed by atoms with Crippen LogP contribution in [0.5, 0.6) is 0 Å². The Labute approximate surface area is 195 Å². The summed E-state index contributed by atoms with van der Waals surface area (Å²) in [7, 11) is 0. The van der Waals surface area contributed by atoms with Crippen molar-refractivity contribution in [1.82, 2.24) is 14.9 Å². The third-order valence-electron chi connectivity index (χ3n) is 6.88. The standard InChI is InChI=1S/C27H23N3O4/c1-2-27(33)20-13-22-23-18(12-17-10-6-7-11-21(17)29-23)24(28-14-16-8-4-3-5-9-16)30(22)25(31)19(20)15-34-26(27)32/h3-13,24,28,33H,2,14-15H2,1H3/t24?,27-/m0/s1. The van der Waals surface area contributed by atoms with Gasteiger partial charge in [0.15, 0.2) is 5.60 Å². The predicted octanol–water partition coefficient (Wildman–Crippen LogP) is 3.37. The summed E-state index contributed by atoms with van der Waals surface area (Å²) in [4.78, 5) is 31.1. The number of hydrogen-bond donors (Lipinski definition) is 2. The summed E-state index contributed by atoms with van der Waals surface area (Å²) in [6.07, 6.45) is -0.345. The van der Waals surface area contributed by atoms with Crippen molar-refractivity contribution in [3.05, 3.63) is 99.3 Å². The number of aromatic nitrogens is 2. The van der Waals surface area contributed by atoms with Crippen LogP contribution in [-0.2, 0) is 28.3 Å². The number of fused-ring (bicyclic) bond motifs is 5. The minimum absolute atomic E-state index is 0.107. The lowest BCUT2D eigenvalue weighted by Crippen LogP contribution is -2.45. The highest BCUT2D eigenvalue weighted by Gasteiger charge is 2.46. The molecular formula is C27H23N3O4. The Morgan fingerprint density at radius 2 is 1.88 bits per heavy atom. The summed E-state index contributed by atoms with van der Waals surface area (Å²) < 4.78 is 6.89. The van der Waals surface area contributed by atoms with E-state index in [0.717, 1.165) is 22.0 Å². The van der Waals surface area contributed by atoms with Gasteiger partial charge in [-0.15, -0.1) is 0 Å². The number of aliphatic hydroxyl groups is 1. The molecule has 2 aromatic heterocycles. The first-order valence-corrected chi connectivity index (χ1v) is 11.4. The van der Waals surface area contributed by atoms with Crippen molar-refractivity contribution in [3.8, 4) is 11.4 Å². The van der Waals surface area contributed by atoms with Crippen molar-refractivity contribution in [2.24, 2.45) is 0 Å². The van der Waals surface area contributed by atoms with E-state index < -0.39 is 17.7 Å². The van der Waals surface area contributed by atoms with Gasteiger partial charge in [-0.2, -0.15) is 0 Å². The van der Waals surface area contributed by atoms with E-state index in [2.05, 4.69) is 11.4 Å². The zero-order valence-corrected chi connectivity index (χ0v) is 18.6. The Morgan fingerprint density at radius 1 is 1.12 bits per heavy atom. The Kier molecular flexibility index (Phi) is 4.65. The predicted molar refractivity (Wildman–Crippen MR) is 127 cm³/mol. The van der Waals surface area contributed by atoms with Gasteiger partial charge in [0.05, 0.1) is 22.5 Å². The molecule has 0 saturated heterocycles. The van der Waals surface area contributed by atoms with Crippen molar-refractivity contribution in [1.29, 1.82) is 0 Å². The molecule has 7 heteroatoms. The van der Waals surface area contributed by atoms with Crippen molar-refractivity contribution in [2.75, 3.05) is 0 Å². The van der Waals surface area contributed by atoms with Crippen LogP contribution >= 0.6 is 0 Å². The van der Waals surface area contributed by atoms with Crippen LogP contribution in [0.4, 0.5) is 0 Å².